The number of nitrogens with zero attached hydrogens (tertiary/aromatic N) is 4. The lowest BCUT2D eigenvalue weighted by Crippen LogP contribution is -2.00. The summed E-state index contributed by atoms with van der Waals surface area (Å²) < 4.78 is 8.76. The largest absolute Gasteiger partial charge is 0.487 e. The molecule has 0 N–H and O–H groups in total. The Balaban J connectivity index is 1.60. The Labute approximate surface area is 188 Å². The molecule has 5 nitrogen and oxygen atoms in total. The van der Waals surface area contributed by atoms with Crippen LogP contribution in [-0.2, 0) is 13.7 Å². The van der Waals surface area contributed by atoms with E-state index in [1.165, 1.54) is 0 Å². The van der Waals surface area contributed by atoms with Crippen molar-refractivity contribution in [1.29, 1.82) is 0 Å². The van der Waals surface area contributed by atoms with Crippen LogP contribution in [0.1, 0.15) is 16.8 Å². The Hall–Kier alpha value is -2.70. The van der Waals surface area contributed by atoms with Crippen molar-refractivity contribution >= 4 is 27.5 Å². The topological polar surface area (TPSA) is 52.8 Å². The number of imidazole rings is 1. The molecule has 3 heterocycles. The van der Waals surface area contributed by atoms with Crippen LogP contribution in [-0.4, -0.2) is 19.5 Å². The zero-order valence-electron chi connectivity index (χ0n) is 16.9. The highest BCUT2D eigenvalue weighted by atomic mass is 79.9. The zero-order valence-corrected chi connectivity index (χ0v) is 19.2. The molecular formula is C23H20BrClN4O. The second-order valence-electron chi connectivity index (χ2n) is 7.10. The lowest BCUT2D eigenvalue weighted by Gasteiger charge is -2.12. The summed E-state index contributed by atoms with van der Waals surface area (Å²) in [6.45, 7) is 4.52. The highest BCUT2D eigenvalue weighted by molar-refractivity contribution is 9.10. The monoisotopic (exact) mass is 482 g/mol. The number of rotatable bonds is 5. The van der Waals surface area contributed by atoms with Gasteiger partial charge in [-0.3, -0.25) is 4.98 Å². The van der Waals surface area contributed by atoms with Gasteiger partial charge in [0.15, 0.2) is 0 Å². The van der Waals surface area contributed by atoms with Gasteiger partial charge in [-0.15, -0.1) is 0 Å². The Bertz CT molecular complexity index is 1190. The standard InChI is InChI=1S/C23H20BrClN4O/c1-14-4-6-17(26-11-14)13-30-18-7-8-19(15(2)10-18)21-22(24)28-23(29(21)3)16-5-9-20(25)27-12-16/h4-12H,13H2,1-3H3. The summed E-state index contributed by atoms with van der Waals surface area (Å²) in [4.78, 5) is 13.2. The number of halogens is 2. The van der Waals surface area contributed by atoms with E-state index < -0.39 is 0 Å². The molecule has 0 atom stereocenters. The van der Waals surface area contributed by atoms with Gasteiger partial charge < -0.3 is 9.30 Å². The number of pyridine rings is 2. The smallest absolute Gasteiger partial charge is 0.143 e. The summed E-state index contributed by atoms with van der Waals surface area (Å²) in [5, 5.41) is 0.458. The maximum Gasteiger partial charge on any atom is 0.143 e. The molecule has 0 aliphatic heterocycles. The van der Waals surface area contributed by atoms with E-state index >= 15 is 0 Å². The molecule has 0 spiro atoms. The van der Waals surface area contributed by atoms with Crippen LogP contribution in [0.3, 0.4) is 0 Å². The number of aromatic nitrogens is 4. The van der Waals surface area contributed by atoms with Crippen molar-refractivity contribution in [3.63, 3.8) is 0 Å². The van der Waals surface area contributed by atoms with Crippen LogP contribution in [0, 0.1) is 13.8 Å². The summed E-state index contributed by atoms with van der Waals surface area (Å²) in [5.74, 6) is 1.62. The van der Waals surface area contributed by atoms with Crippen LogP contribution < -0.4 is 4.74 Å². The van der Waals surface area contributed by atoms with Crippen LogP contribution >= 0.6 is 27.5 Å². The van der Waals surface area contributed by atoms with Crippen molar-refractivity contribution in [1.82, 2.24) is 19.5 Å². The molecule has 3 aromatic heterocycles. The Morgan fingerprint density at radius 1 is 1.03 bits per heavy atom. The zero-order chi connectivity index (χ0) is 21.3. The van der Waals surface area contributed by atoms with Crippen molar-refractivity contribution in [3.8, 4) is 28.4 Å². The summed E-state index contributed by atoms with van der Waals surface area (Å²) in [6, 6.07) is 13.8. The molecule has 0 aliphatic rings. The highest BCUT2D eigenvalue weighted by Crippen LogP contribution is 2.35. The van der Waals surface area contributed by atoms with Gasteiger partial charge in [0.1, 0.15) is 27.9 Å². The predicted octanol–water partition coefficient (Wildman–Crippen LogP) is 6.16. The number of benzene rings is 1. The van der Waals surface area contributed by atoms with Crippen LogP contribution in [0.5, 0.6) is 5.75 Å². The molecule has 0 radical (unpaired) electrons. The molecule has 0 saturated heterocycles. The molecule has 0 saturated carbocycles. The molecule has 0 fully saturated rings. The first kappa shape index (κ1) is 20.6. The SMILES string of the molecule is Cc1ccc(COc2ccc(-c3c(Br)nc(-c4ccc(Cl)nc4)n3C)c(C)c2)nc1. The van der Waals surface area contributed by atoms with Crippen LogP contribution in [0.15, 0.2) is 59.5 Å². The minimum atomic E-state index is 0.433. The van der Waals surface area contributed by atoms with Crippen molar-refractivity contribution < 1.29 is 4.74 Å². The van der Waals surface area contributed by atoms with Gasteiger partial charge in [-0.05, 0) is 77.3 Å². The normalized spacial score (nSPS) is 11.0. The molecule has 152 valence electrons. The molecule has 30 heavy (non-hydrogen) atoms. The van der Waals surface area contributed by atoms with Gasteiger partial charge in [-0.25, -0.2) is 9.97 Å². The minimum absolute atomic E-state index is 0.433. The molecule has 4 aromatic rings. The van der Waals surface area contributed by atoms with Gasteiger partial charge in [-0.1, -0.05) is 17.7 Å². The van der Waals surface area contributed by atoms with Crippen molar-refractivity contribution in [2.45, 2.75) is 20.5 Å². The predicted molar refractivity (Wildman–Crippen MR) is 123 cm³/mol. The quantitative estimate of drug-likeness (QED) is 0.319. The van der Waals surface area contributed by atoms with E-state index in [1.807, 2.05) is 55.1 Å². The maximum absolute atomic E-state index is 5.93. The Morgan fingerprint density at radius 3 is 2.53 bits per heavy atom. The summed E-state index contributed by atoms with van der Waals surface area (Å²) in [7, 11) is 1.99. The average Bonchev–Trinajstić information content (AvgIpc) is 3.02. The first-order valence-corrected chi connectivity index (χ1v) is 10.6. The molecule has 4 rings (SSSR count). The first-order chi connectivity index (χ1) is 14.4. The molecular weight excluding hydrogens is 464 g/mol. The molecule has 0 aliphatic carbocycles. The lowest BCUT2D eigenvalue weighted by molar-refractivity contribution is 0.301. The van der Waals surface area contributed by atoms with Crippen molar-refractivity contribution in [2.75, 3.05) is 0 Å². The maximum atomic E-state index is 5.93. The molecule has 1 aromatic carbocycles. The van der Waals surface area contributed by atoms with E-state index in [4.69, 9.17) is 21.3 Å². The number of ether oxygens (including phenoxy) is 1. The summed E-state index contributed by atoms with van der Waals surface area (Å²) in [5.41, 5.74) is 6.09. The van der Waals surface area contributed by atoms with Gasteiger partial charge in [-0.2, -0.15) is 0 Å². The first-order valence-electron chi connectivity index (χ1n) is 9.42. The Morgan fingerprint density at radius 2 is 1.87 bits per heavy atom. The van der Waals surface area contributed by atoms with E-state index in [9.17, 15) is 0 Å². The average molecular weight is 484 g/mol. The summed E-state index contributed by atoms with van der Waals surface area (Å²) >= 11 is 9.53. The third kappa shape index (κ3) is 4.25. The van der Waals surface area contributed by atoms with E-state index in [1.54, 1.807) is 12.3 Å². The fourth-order valence-corrected chi connectivity index (χ4v) is 4.02. The molecule has 0 amide bonds. The third-order valence-electron chi connectivity index (χ3n) is 4.85. The third-order valence-corrected chi connectivity index (χ3v) is 5.63. The van der Waals surface area contributed by atoms with E-state index in [0.717, 1.165) is 49.8 Å². The molecule has 0 unspecified atom stereocenters. The second kappa shape index (κ2) is 8.58. The van der Waals surface area contributed by atoms with E-state index in [-0.39, 0.29) is 0 Å². The second-order valence-corrected chi connectivity index (χ2v) is 8.23. The van der Waals surface area contributed by atoms with E-state index in [0.29, 0.717) is 11.8 Å². The highest BCUT2D eigenvalue weighted by Gasteiger charge is 2.18. The lowest BCUT2D eigenvalue weighted by atomic mass is 10.1. The number of hydrogen-bond acceptors (Lipinski definition) is 4. The minimum Gasteiger partial charge on any atom is -0.487 e. The molecule has 0 bridgehead atoms. The van der Waals surface area contributed by atoms with Crippen molar-refractivity contribution in [3.05, 3.63) is 81.4 Å². The van der Waals surface area contributed by atoms with Gasteiger partial charge in [0.05, 0.1) is 11.4 Å². The van der Waals surface area contributed by atoms with Gasteiger partial charge in [0.2, 0.25) is 0 Å². The van der Waals surface area contributed by atoms with Crippen LogP contribution in [0.2, 0.25) is 5.15 Å². The van der Waals surface area contributed by atoms with Crippen LogP contribution in [0.4, 0.5) is 0 Å². The van der Waals surface area contributed by atoms with E-state index in [2.05, 4.69) is 38.9 Å². The molecule has 7 heteroatoms. The number of aryl methyl sites for hydroxylation is 2. The van der Waals surface area contributed by atoms with Gasteiger partial charge in [0.25, 0.3) is 0 Å². The van der Waals surface area contributed by atoms with Gasteiger partial charge in [0, 0.05) is 30.6 Å². The van der Waals surface area contributed by atoms with Crippen LogP contribution in [0.25, 0.3) is 22.6 Å². The number of hydrogen-bond donors (Lipinski definition) is 0. The van der Waals surface area contributed by atoms with Gasteiger partial charge >= 0.3 is 0 Å². The fraction of sp³-hybridized carbons (Fsp3) is 0.174. The fourth-order valence-electron chi connectivity index (χ4n) is 3.26. The Kier molecular flexibility index (Phi) is 5.88. The summed E-state index contributed by atoms with van der Waals surface area (Å²) in [6.07, 6.45) is 3.57. The van der Waals surface area contributed by atoms with Crippen molar-refractivity contribution in [2.24, 2.45) is 7.05 Å².